The van der Waals surface area contributed by atoms with Crippen LogP contribution < -0.4 is 4.74 Å². The van der Waals surface area contributed by atoms with Crippen LogP contribution in [0.3, 0.4) is 0 Å². The molecular formula is C22H27N3O2. The summed E-state index contributed by atoms with van der Waals surface area (Å²) >= 11 is 0. The van der Waals surface area contributed by atoms with E-state index in [1.807, 2.05) is 29.2 Å². The van der Waals surface area contributed by atoms with Crippen LogP contribution >= 0.6 is 0 Å². The molecule has 2 aliphatic heterocycles. The molecule has 1 unspecified atom stereocenters. The van der Waals surface area contributed by atoms with E-state index in [1.165, 1.54) is 5.56 Å². The first-order valence-corrected chi connectivity index (χ1v) is 9.67. The van der Waals surface area contributed by atoms with Crippen molar-refractivity contribution >= 4 is 5.91 Å². The van der Waals surface area contributed by atoms with Gasteiger partial charge in [-0.2, -0.15) is 0 Å². The summed E-state index contributed by atoms with van der Waals surface area (Å²) in [5.41, 5.74) is 2.43. The Morgan fingerprint density at radius 3 is 2.67 bits per heavy atom. The number of hydrogen-bond donors (Lipinski definition) is 0. The number of amides is 1. The van der Waals surface area contributed by atoms with Gasteiger partial charge in [0.05, 0.1) is 12.6 Å². The molecular weight excluding hydrogens is 338 g/mol. The van der Waals surface area contributed by atoms with E-state index in [0.717, 1.165) is 44.0 Å². The summed E-state index contributed by atoms with van der Waals surface area (Å²) in [4.78, 5) is 19.6. The summed E-state index contributed by atoms with van der Waals surface area (Å²) in [5.74, 6) is 1.15. The quantitative estimate of drug-likeness (QED) is 0.837. The van der Waals surface area contributed by atoms with Gasteiger partial charge in [0.1, 0.15) is 12.4 Å². The van der Waals surface area contributed by atoms with Gasteiger partial charge in [0, 0.05) is 38.3 Å². The number of ether oxygens (including phenoxy) is 1. The van der Waals surface area contributed by atoms with Crippen LogP contribution in [0.15, 0.2) is 54.6 Å². The number of carbonyl (C=O) groups excluding carboxylic acids is 1. The number of para-hydroxylation sites is 1. The molecule has 1 atom stereocenters. The van der Waals surface area contributed by atoms with Gasteiger partial charge in [0.15, 0.2) is 0 Å². The number of piperazine rings is 1. The van der Waals surface area contributed by atoms with Crippen LogP contribution in [0.2, 0.25) is 0 Å². The molecule has 2 aromatic carbocycles. The second kappa shape index (κ2) is 8.11. The Morgan fingerprint density at radius 2 is 1.81 bits per heavy atom. The number of likely N-dealkylation sites (N-methyl/N-ethyl adjacent to an activating group) is 1. The van der Waals surface area contributed by atoms with Gasteiger partial charge in [0.25, 0.3) is 0 Å². The number of fused-ring (bicyclic) bond motifs is 1. The maximum atomic E-state index is 13.0. The third kappa shape index (κ3) is 4.15. The molecule has 0 aromatic heterocycles. The summed E-state index contributed by atoms with van der Waals surface area (Å²) < 4.78 is 5.82. The topological polar surface area (TPSA) is 36.0 Å². The van der Waals surface area contributed by atoms with Crippen LogP contribution in [0.25, 0.3) is 0 Å². The van der Waals surface area contributed by atoms with E-state index in [2.05, 4.69) is 47.2 Å². The van der Waals surface area contributed by atoms with E-state index in [0.29, 0.717) is 13.2 Å². The van der Waals surface area contributed by atoms with E-state index in [-0.39, 0.29) is 11.9 Å². The van der Waals surface area contributed by atoms with Crippen molar-refractivity contribution in [3.63, 3.8) is 0 Å². The second-order valence-corrected chi connectivity index (χ2v) is 7.41. The van der Waals surface area contributed by atoms with E-state index in [9.17, 15) is 4.79 Å². The molecule has 0 saturated carbocycles. The molecule has 0 N–H and O–H groups in total. The molecule has 0 spiro atoms. The predicted molar refractivity (Wildman–Crippen MR) is 106 cm³/mol. The van der Waals surface area contributed by atoms with Crippen LogP contribution in [-0.2, 0) is 11.3 Å². The lowest BCUT2D eigenvalue weighted by Gasteiger charge is -2.40. The van der Waals surface area contributed by atoms with E-state index < -0.39 is 0 Å². The van der Waals surface area contributed by atoms with Crippen LogP contribution in [0, 0.1) is 0 Å². The van der Waals surface area contributed by atoms with Gasteiger partial charge in [-0.25, -0.2) is 0 Å². The molecule has 1 fully saturated rings. The zero-order valence-electron chi connectivity index (χ0n) is 15.9. The van der Waals surface area contributed by atoms with E-state index >= 15 is 0 Å². The fraction of sp³-hybridized carbons (Fsp3) is 0.409. The molecule has 0 aliphatic carbocycles. The first-order valence-electron chi connectivity index (χ1n) is 9.67. The average Bonchev–Trinajstić information content (AvgIpc) is 2.90. The highest BCUT2D eigenvalue weighted by Crippen LogP contribution is 2.25. The minimum atomic E-state index is 0.211. The molecule has 5 nitrogen and oxygen atoms in total. The Balaban J connectivity index is 1.41. The predicted octanol–water partition coefficient (Wildman–Crippen LogP) is 2.40. The van der Waals surface area contributed by atoms with Gasteiger partial charge in [-0.05, 0) is 18.7 Å². The lowest BCUT2D eigenvalue weighted by atomic mass is 10.0. The lowest BCUT2D eigenvalue weighted by molar-refractivity contribution is -0.135. The van der Waals surface area contributed by atoms with E-state index in [4.69, 9.17) is 4.74 Å². The summed E-state index contributed by atoms with van der Waals surface area (Å²) in [6.07, 6.45) is 0. The van der Waals surface area contributed by atoms with Crippen molar-refractivity contribution in [3.8, 4) is 5.75 Å². The van der Waals surface area contributed by atoms with Crippen LogP contribution in [0.4, 0.5) is 0 Å². The van der Waals surface area contributed by atoms with Crippen molar-refractivity contribution in [1.82, 2.24) is 14.7 Å². The largest absolute Gasteiger partial charge is 0.492 e. The molecule has 2 aromatic rings. The van der Waals surface area contributed by atoms with Gasteiger partial charge in [-0.15, -0.1) is 0 Å². The lowest BCUT2D eigenvalue weighted by Crippen LogP contribution is -2.51. The van der Waals surface area contributed by atoms with Crippen LogP contribution in [0.1, 0.15) is 17.2 Å². The van der Waals surface area contributed by atoms with Crippen LogP contribution in [-0.4, -0.2) is 67.0 Å². The average molecular weight is 365 g/mol. The zero-order valence-corrected chi connectivity index (χ0v) is 15.9. The number of carbonyl (C=O) groups is 1. The number of hydrogen-bond acceptors (Lipinski definition) is 4. The molecule has 0 bridgehead atoms. The number of benzene rings is 2. The van der Waals surface area contributed by atoms with E-state index in [1.54, 1.807) is 0 Å². The standard InChI is InChI=1S/C22H27N3O2/c1-23-11-12-25(16-20(23)18-7-3-2-4-8-18)22(26)17-24-13-14-27-21-10-6-5-9-19(21)15-24/h2-10,20H,11-17H2,1H3. The van der Waals surface area contributed by atoms with Gasteiger partial charge in [0.2, 0.25) is 5.91 Å². The van der Waals surface area contributed by atoms with Crippen molar-refractivity contribution in [2.75, 3.05) is 46.4 Å². The summed E-state index contributed by atoms with van der Waals surface area (Å²) in [6.45, 7) is 5.05. The highest BCUT2D eigenvalue weighted by Gasteiger charge is 2.29. The molecule has 5 heteroatoms. The third-order valence-electron chi connectivity index (χ3n) is 5.58. The number of nitrogens with zero attached hydrogens (tertiary/aromatic N) is 3. The van der Waals surface area contributed by atoms with Crippen molar-refractivity contribution in [3.05, 3.63) is 65.7 Å². The van der Waals surface area contributed by atoms with Crippen LogP contribution in [0.5, 0.6) is 5.75 Å². The van der Waals surface area contributed by atoms with Gasteiger partial charge < -0.3 is 9.64 Å². The Morgan fingerprint density at radius 1 is 1.04 bits per heavy atom. The Labute approximate surface area is 161 Å². The molecule has 1 amide bonds. The van der Waals surface area contributed by atoms with Gasteiger partial charge in [-0.1, -0.05) is 48.5 Å². The fourth-order valence-corrected chi connectivity index (χ4v) is 3.94. The first-order chi connectivity index (χ1) is 13.2. The smallest absolute Gasteiger partial charge is 0.236 e. The minimum Gasteiger partial charge on any atom is -0.492 e. The van der Waals surface area contributed by atoms with Crippen molar-refractivity contribution in [1.29, 1.82) is 0 Å². The molecule has 0 radical (unpaired) electrons. The first kappa shape index (κ1) is 18.0. The monoisotopic (exact) mass is 365 g/mol. The summed E-state index contributed by atoms with van der Waals surface area (Å²) in [6, 6.07) is 18.8. The van der Waals surface area contributed by atoms with Gasteiger partial charge >= 0.3 is 0 Å². The second-order valence-electron chi connectivity index (χ2n) is 7.41. The molecule has 27 heavy (non-hydrogen) atoms. The maximum Gasteiger partial charge on any atom is 0.236 e. The van der Waals surface area contributed by atoms with Crippen molar-refractivity contribution in [2.24, 2.45) is 0 Å². The highest BCUT2D eigenvalue weighted by atomic mass is 16.5. The minimum absolute atomic E-state index is 0.211. The Hall–Kier alpha value is -2.37. The Kier molecular flexibility index (Phi) is 5.41. The maximum absolute atomic E-state index is 13.0. The number of rotatable bonds is 3. The normalized spacial score (nSPS) is 21.2. The third-order valence-corrected chi connectivity index (χ3v) is 5.58. The molecule has 2 aliphatic rings. The summed E-state index contributed by atoms with van der Waals surface area (Å²) in [7, 11) is 2.14. The molecule has 4 rings (SSSR count). The highest BCUT2D eigenvalue weighted by molar-refractivity contribution is 5.78. The van der Waals surface area contributed by atoms with Crippen molar-refractivity contribution in [2.45, 2.75) is 12.6 Å². The Bertz CT molecular complexity index is 780. The van der Waals surface area contributed by atoms with Gasteiger partial charge in [-0.3, -0.25) is 14.6 Å². The zero-order chi connectivity index (χ0) is 18.6. The summed E-state index contributed by atoms with van der Waals surface area (Å²) in [5, 5.41) is 0. The molecule has 2 heterocycles. The molecule has 142 valence electrons. The van der Waals surface area contributed by atoms with Crippen molar-refractivity contribution < 1.29 is 9.53 Å². The molecule has 1 saturated heterocycles. The fourth-order valence-electron chi connectivity index (χ4n) is 3.94. The SMILES string of the molecule is CN1CCN(C(=O)CN2CCOc3ccccc3C2)CC1c1ccccc1.